The highest BCUT2D eigenvalue weighted by Crippen LogP contribution is 2.30. The van der Waals surface area contributed by atoms with Crippen LogP contribution in [0.25, 0.3) is 6.08 Å². The van der Waals surface area contributed by atoms with Gasteiger partial charge in [-0.15, -0.1) is 0 Å². The molecule has 0 bridgehead atoms. The van der Waals surface area contributed by atoms with Crippen molar-refractivity contribution in [1.29, 1.82) is 5.26 Å². The van der Waals surface area contributed by atoms with Gasteiger partial charge in [0.15, 0.2) is 11.5 Å². The van der Waals surface area contributed by atoms with E-state index in [9.17, 15) is 18.5 Å². The molecule has 9 nitrogen and oxygen atoms in total. The van der Waals surface area contributed by atoms with Gasteiger partial charge in [0.05, 0.1) is 12.4 Å². The first kappa shape index (κ1) is 25.9. The van der Waals surface area contributed by atoms with Gasteiger partial charge in [-0.3, -0.25) is 10.1 Å². The lowest BCUT2D eigenvalue weighted by Crippen LogP contribution is -2.16. The molecular formula is C24H24N4O5S2. The molecule has 182 valence electrons. The van der Waals surface area contributed by atoms with Gasteiger partial charge in [-0.1, -0.05) is 30.3 Å². The molecule has 35 heavy (non-hydrogen) atoms. The number of nitrogens with zero attached hydrogens (tertiary/aromatic N) is 3. The van der Waals surface area contributed by atoms with Crippen LogP contribution in [0.5, 0.6) is 11.5 Å². The molecule has 1 aromatic heterocycles. The molecule has 0 unspecified atom stereocenters. The zero-order valence-corrected chi connectivity index (χ0v) is 21.2. The summed E-state index contributed by atoms with van der Waals surface area (Å²) in [4.78, 5) is 16.5. The second-order valence-corrected chi connectivity index (χ2v) is 10.9. The Labute approximate surface area is 208 Å². The number of nitrogens with one attached hydrogen (secondary N) is 1. The number of amides is 1. The summed E-state index contributed by atoms with van der Waals surface area (Å²) in [5.74, 6) is 0.220. The Morgan fingerprint density at radius 1 is 1.23 bits per heavy atom. The number of carbonyl (C=O) groups is 1. The molecule has 2 aromatic carbocycles. The minimum Gasteiger partial charge on any atom is -0.493 e. The topological polar surface area (TPSA) is 131 Å². The summed E-state index contributed by atoms with van der Waals surface area (Å²) in [6.07, 6.45) is 1.38. The molecule has 0 aliphatic carbocycles. The maximum absolute atomic E-state index is 12.6. The third-order valence-corrected chi connectivity index (χ3v) is 7.69. The third-order valence-electron chi connectivity index (χ3n) is 5.01. The molecule has 0 atom stereocenters. The van der Waals surface area contributed by atoms with Gasteiger partial charge in [0, 0.05) is 11.5 Å². The molecule has 0 aliphatic rings. The van der Waals surface area contributed by atoms with Crippen LogP contribution in [0.15, 0.2) is 53.2 Å². The smallest absolute Gasteiger partial charge is 0.268 e. The predicted molar refractivity (Wildman–Crippen MR) is 133 cm³/mol. The van der Waals surface area contributed by atoms with Gasteiger partial charge in [0.1, 0.15) is 18.2 Å². The van der Waals surface area contributed by atoms with Crippen LogP contribution in [0.1, 0.15) is 30.5 Å². The van der Waals surface area contributed by atoms with Crippen molar-refractivity contribution in [3.05, 3.63) is 64.7 Å². The molecule has 0 saturated heterocycles. The van der Waals surface area contributed by atoms with E-state index in [0.29, 0.717) is 23.7 Å². The van der Waals surface area contributed by atoms with Crippen LogP contribution in [0.4, 0.5) is 5.13 Å². The second kappa shape index (κ2) is 11.1. The summed E-state index contributed by atoms with van der Waals surface area (Å²) in [5, 5.41) is 10.8. The number of carbonyl (C=O) groups excluding carboxylic acids is 1. The molecule has 1 N–H and O–H groups in total. The number of anilines is 1. The molecule has 1 heterocycles. The van der Waals surface area contributed by atoms with Crippen molar-refractivity contribution in [1.82, 2.24) is 9.36 Å². The molecule has 11 heteroatoms. The van der Waals surface area contributed by atoms with Gasteiger partial charge in [-0.2, -0.15) is 14.6 Å². The molecule has 0 radical (unpaired) electrons. The first-order valence-electron chi connectivity index (χ1n) is 10.5. The lowest BCUT2D eigenvalue weighted by Gasteiger charge is -2.12. The van der Waals surface area contributed by atoms with Gasteiger partial charge in [-0.05, 0) is 55.7 Å². The fraction of sp³-hybridized carbons (Fsp3) is 0.250. The Bertz CT molecular complexity index is 1410. The fourth-order valence-corrected chi connectivity index (χ4v) is 4.58. The standard InChI is InChI=1S/C24H24N4O5S2/c1-15(2)35(30,31)24-27-23(34-28-24)26-22(29)19(13-25)11-17-9-10-20(21(12-17)32-4)33-14-18-8-6-5-7-16(18)3/h5-12,15H,14H2,1-4H3,(H,26,27,28,29)/b19-11-. The summed E-state index contributed by atoms with van der Waals surface area (Å²) in [6, 6.07) is 14.8. The molecule has 3 rings (SSSR count). The molecule has 0 spiro atoms. The van der Waals surface area contributed by atoms with Crippen molar-refractivity contribution in [2.45, 2.75) is 37.8 Å². The number of methoxy groups -OCH3 is 1. The molecular weight excluding hydrogens is 488 g/mol. The van der Waals surface area contributed by atoms with Crippen molar-refractivity contribution in [3.63, 3.8) is 0 Å². The van der Waals surface area contributed by atoms with E-state index in [1.165, 1.54) is 27.0 Å². The summed E-state index contributed by atoms with van der Waals surface area (Å²) < 4.78 is 39.5. The minimum atomic E-state index is -3.67. The summed E-state index contributed by atoms with van der Waals surface area (Å²) in [5.41, 5.74) is 2.49. The number of rotatable bonds is 9. The number of hydrogen-bond donors (Lipinski definition) is 1. The summed E-state index contributed by atoms with van der Waals surface area (Å²) in [7, 11) is -2.17. The Morgan fingerprint density at radius 2 is 1.97 bits per heavy atom. The second-order valence-electron chi connectivity index (χ2n) is 7.73. The maximum atomic E-state index is 12.6. The van der Waals surface area contributed by atoms with Gasteiger partial charge < -0.3 is 9.47 Å². The number of aryl methyl sites for hydroxylation is 1. The Morgan fingerprint density at radius 3 is 2.63 bits per heavy atom. The number of hydrogen-bond acceptors (Lipinski definition) is 9. The molecule has 0 fully saturated rings. The van der Waals surface area contributed by atoms with E-state index in [1.54, 1.807) is 18.2 Å². The Kier molecular flexibility index (Phi) is 8.22. The highest BCUT2D eigenvalue weighted by atomic mass is 32.2. The highest BCUT2D eigenvalue weighted by Gasteiger charge is 2.25. The van der Waals surface area contributed by atoms with Crippen molar-refractivity contribution < 1.29 is 22.7 Å². The van der Waals surface area contributed by atoms with Crippen molar-refractivity contribution in [2.75, 3.05) is 12.4 Å². The van der Waals surface area contributed by atoms with Gasteiger partial charge in [0.25, 0.3) is 11.1 Å². The van der Waals surface area contributed by atoms with E-state index in [4.69, 9.17) is 9.47 Å². The lowest BCUT2D eigenvalue weighted by atomic mass is 10.1. The number of benzene rings is 2. The summed E-state index contributed by atoms with van der Waals surface area (Å²) >= 11 is 0.724. The van der Waals surface area contributed by atoms with Crippen molar-refractivity contribution in [3.8, 4) is 17.6 Å². The zero-order chi connectivity index (χ0) is 25.6. The van der Waals surface area contributed by atoms with E-state index >= 15 is 0 Å². The minimum absolute atomic E-state index is 0.0205. The number of aromatic nitrogens is 2. The fourth-order valence-electron chi connectivity index (χ4n) is 2.89. The molecule has 1 amide bonds. The van der Waals surface area contributed by atoms with E-state index in [2.05, 4.69) is 14.7 Å². The van der Waals surface area contributed by atoms with Gasteiger partial charge >= 0.3 is 0 Å². The maximum Gasteiger partial charge on any atom is 0.268 e. The number of nitriles is 1. The molecule has 3 aromatic rings. The average molecular weight is 513 g/mol. The van der Waals surface area contributed by atoms with Crippen LogP contribution >= 0.6 is 11.5 Å². The van der Waals surface area contributed by atoms with Crippen LogP contribution < -0.4 is 14.8 Å². The Hall–Kier alpha value is -3.75. The lowest BCUT2D eigenvalue weighted by molar-refractivity contribution is -0.112. The van der Waals surface area contributed by atoms with E-state index < -0.39 is 21.0 Å². The quantitative estimate of drug-likeness (QED) is 0.334. The zero-order valence-electron chi connectivity index (χ0n) is 19.6. The predicted octanol–water partition coefficient (Wildman–Crippen LogP) is 4.16. The number of sulfone groups is 1. The SMILES string of the molecule is COc1cc(/C=C(/C#N)C(=O)Nc2nc(S(=O)(=O)C(C)C)ns2)ccc1OCc1ccccc1C. The van der Waals surface area contributed by atoms with Crippen molar-refractivity contribution in [2.24, 2.45) is 0 Å². The first-order chi connectivity index (χ1) is 16.6. The Balaban J connectivity index is 1.75. The van der Waals surface area contributed by atoms with Gasteiger partial charge in [-0.25, -0.2) is 8.42 Å². The van der Waals surface area contributed by atoms with E-state index in [1.807, 2.05) is 37.3 Å². The van der Waals surface area contributed by atoms with Crippen LogP contribution in [0.3, 0.4) is 0 Å². The van der Waals surface area contributed by atoms with E-state index in [0.717, 1.165) is 22.7 Å². The highest BCUT2D eigenvalue weighted by molar-refractivity contribution is 7.91. The van der Waals surface area contributed by atoms with Crippen LogP contribution in [0.2, 0.25) is 0 Å². The third kappa shape index (κ3) is 6.23. The van der Waals surface area contributed by atoms with Crippen LogP contribution in [0, 0.1) is 18.3 Å². The number of ether oxygens (including phenoxy) is 2. The largest absolute Gasteiger partial charge is 0.493 e. The monoisotopic (exact) mass is 512 g/mol. The van der Waals surface area contributed by atoms with Crippen LogP contribution in [-0.2, 0) is 21.2 Å². The normalized spacial score (nSPS) is 11.7. The first-order valence-corrected chi connectivity index (χ1v) is 12.8. The van der Waals surface area contributed by atoms with Gasteiger partial charge in [0.2, 0.25) is 15.0 Å². The van der Waals surface area contributed by atoms with Crippen LogP contribution in [-0.4, -0.2) is 36.0 Å². The van der Waals surface area contributed by atoms with Crippen molar-refractivity contribution >= 4 is 38.5 Å². The average Bonchev–Trinajstić information content (AvgIpc) is 3.31. The summed E-state index contributed by atoms with van der Waals surface area (Å²) in [6.45, 7) is 5.39. The molecule has 0 aliphatic heterocycles. The molecule has 0 saturated carbocycles. The van der Waals surface area contributed by atoms with E-state index in [-0.39, 0.29) is 15.9 Å².